The van der Waals surface area contributed by atoms with Crippen LogP contribution in [-0.2, 0) is 11.3 Å². The first-order chi connectivity index (χ1) is 12.4. The Kier molecular flexibility index (Phi) is 4.94. The van der Waals surface area contributed by atoms with Gasteiger partial charge in [0.2, 0.25) is 5.91 Å². The number of amides is 1. The van der Waals surface area contributed by atoms with Gasteiger partial charge in [0.05, 0.1) is 10.4 Å². The maximum Gasteiger partial charge on any atom is 0.288 e. The molecule has 2 N–H and O–H groups in total. The Morgan fingerprint density at radius 2 is 1.96 bits per heavy atom. The van der Waals surface area contributed by atoms with Crippen molar-refractivity contribution in [2.24, 2.45) is 0 Å². The van der Waals surface area contributed by atoms with Crippen LogP contribution in [0.4, 0.5) is 17.2 Å². The molecule has 132 valence electrons. The van der Waals surface area contributed by atoms with E-state index >= 15 is 0 Å². The number of anilines is 2. The molecule has 0 spiro atoms. The van der Waals surface area contributed by atoms with Crippen LogP contribution in [0.15, 0.2) is 42.7 Å². The van der Waals surface area contributed by atoms with Crippen molar-refractivity contribution in [3.8, 4) is 0 Å². The third-order valence-corrected chi connectivity index (χ3v) is 3.94. The molecule has 1 amide bonds. The fourth-order valence-electron chi connectivity index (χ4n) is 2.44. The van der Waals surface area contributed by atoms with E-state index in [0.29, 0.717) is 29.0 Å². The lowest BCUT2D eigenvalue weighted by Gasteiger charge is -2.09. The molecule has 0 aliphatic heterocycles. The third kappa shape index (κ3) is 3.86. The molecule has 0 atom stereocenters. The SMILES string of the molecule is CC(=O)Nc1ccc(CNc2ncnc3cc(Cl)c([N+](=O)[O-])cc23)cc1. The molecule has 8 nitrogen and oxygen atoms in total. The van der Waals surface area contributed by atoms with E-state index in [4.69, 9.17) is 11.6 Å². The van der Waals surface area contributed by atoms with Crippen LogP contribution < -0.4 is 10.6 Å². The average Bonchev–Trinajstić information content (AvgIpc) is 2.59. The number of nitrogens with one attached hydrogen (secondary N) is 2. The first kappa shape index (κ1) is 17.6. The number of carbonyl (C=O) groups excluding carboxylic acids is 1. The van der Waals surface area contributed by atoms with Gasteiger partial charge in [-0.15, -0.1) is 0 Å². The van der Waals surface area contributed by atoms with Crippen molar-refractivity contribution in [3.63, 3.8) is 0 Å². The minimum Gasteiger partial charge on any atom is -0.365 e. The second-order valence-corrected chi connectivity index (χ2v) is 5.94. The topological polar surface area (TPSA) is 110 Å². The molecule has 1 aromatic heterocycles. The zero-order chi connectivity index (χ0) is 18.7. The van der Waals surface area contributed by atoms with Gasteiger partial charge in [-0.3, -0.25) is 14.9 Å². The summed E-state index contributed by atoms with van der Waals surface area (Å²) in [6.07, 6.45) is 1.37. The van der Waals surface area contributed by atoms with Crippen molar-refractivity contribution in [2.45, 2.75) is 13.5 Å². The minimum absolute atomic E-state index is 0.0284. The van der Waals surface area contributed by atoms with E-state index in [0.717, 1.165) is 5.56 Å². The van der Waals surface area contributed by atoms with Crippen molar-refractivity contribution < 1.29 is 9.72 Å². The molecule has 9 heteroatoms. The molecule has 3 rings (SSSR count). The molecule has 0 saturated carbocycles. The number of hydrogen-bond donors (Lipinski definition) is 2. The summed E-state index contributed by atoms with van der Waals surface area (Å²) in [6.45, 7) is 1.89. The maximum absolute atomic E-state index is 11.1. The van der Waals surface area contributed by atoms with E-state index in [2.05, 4.69) is 20.6 Å². The van der Waals surface area contributed by atoms with E-state index in [1.165, 1.54) is 25.4 Å². The van der Waals surface area contributed by atoms with Crippen molar-refractivity contribution >= 4 is 45.6 Å². The van der Waals surface area contributed by atoms with Gasteiger partial charge in [-0.05, 0) is 23.8 Å². The van der Waals surface area contributed by atoms with Gasteiger partial charge in [0.1, 0.15) is 17.2 Å². The van der Waals surface area contributed by atoms with E-state index < -0.39 is 4.92 Å². The Morgan fingerprint density at radius 3 is 2.62 bits per heavy atom. The van der Waals surface area contributed by atoms with Crippen LogP contribution >= 0.6 is 11.6 Å². The molecule has 1 heterocycles. The Morgan fingerprint density at radius 1 is 1.23 bits per heavy atom. The number of nitro benzene ring substituents is 1. The molecule has 3 aromatic rings. The largest absolute Gasteiger partial charge is 0.365 e. The predicted octanol–water partition coefficient (Wildman–Crippen LogP) is 3.76. The Balaban J connectivity index is 1.83. The number of carbonyl (C=O) groups is 1. The van der Waals surface area contributed by atoms with Crippen LogP contribution in [0.25, 0.3) is 10.9 Å². The molecule has 0 radical (unpaired) electrons. The maximum atomic E-state index is 11.1. The van der Waals surface area contributed by atoms with E-state index in [-0.39, 0.29) is 16.6 Å². The molecule has 0 aliphatic carbocycles. The van der Waals surface area contributed by atoms with Crippen molar-refractivity contribution in [1.29, 1.82) is 0 Å². The fraction of sp³-hybridized carbons (Fsp3) is 0.118. The van der Waals surface area contributed by atoms with Crippen molar-refractivity contribution in [2.75, 3.05) is 10.6 Å². The average molecular weight is 372 g/mol. The van der Waals surface area contributed by atoms with Gasteiger partial charge in [-0.1, -0.05) is 23.7 Å². The number of nitro groups is 1. The number of aromatic nitrogens is 2. The number of halogens is 1. The highest BCUT2D eigenvalue weighted by Crippen LogP contribution is 2.31. The second kappa shape index (κ2) is 7.32. The summed E-state index contributed by atoms with van der Waals surface area (Å²) in [5.74, 6) is 0.337. The lowest BCUT2D eigenvalue weighted by molar-refractivity contribution is -0.384. The quantitative estimate of drug-likeness (QED) is 0.522. The zero-order valence-corrected chi connectivity index (χ0v) is 14.4. The van der Waals surface area contributed by atoms with Crippen molar-refractivity contribution in [1.82, 2.24) is 9.97 Å². The van der Waals surface area contributed by atoms with Gasteiger partial charge in [0.25, 0.3) is 5.69 Å². The highest BCUT2D eigenvalue weighted by Gasteiger charge is 2.16. The number of benzene rings is 2. The van der Waals surface area contributed by atoms with Gasteiger partial charge in [-0.25, -0.2) is 9.97 Å². The van der Waals surface area contributed by atoms with Gasteiger partial charge < -0.3 is 10.6 Å². The Labute approximate surface area is 153 Å². The molecule has 26 heavy (non-hydrogen) atoms. The molecule has 0 unspecified atom stereocenters. The molecule has 0 bridgehead atoms. The standard InChI is InChI=1S/C17H14ClN5O3/c1-10(24)22-12-4-2-11(3-5-12)8-19-17-13-6-16(23(25)26)14(18)7-15(13)20-9-21-17/h2-7,9H,8H2,1H3,(H,22,24)(H,19,20,21). The zero-order valence-electron chi connectivity index (χ0n) is 13.7. The van der Waals surface area contributed by atoms with Crippen LogP contribution in [0.2, 0.25) is 5.02 Å². The Hall–Kier alpha value is -3.26. The summed E-state index contributed by atoms with van der Waals surface area (Å²) < 4.78 is 0. The molecule has 0 saturated heterocycles. The van der Waals surface area contributed by atoms with Crippen LogP contribution in [0, 0.1) is 10.1 Å². The molecular weight excluding hydrogens is 358 g/mol. The minimum atomic E-state index is -0.542. The smallest absolute Gasteiger partial charge is 0.288 e. The molecular formula is C17H14ClN5O3. The summed E-state index contributed by atoms with van der Waals surface area (Å²) in [4.78, 5) is 29.9. The van der Waals surface area contributed by atoms with E-state index in [1.807, 2.05) is 12.1 Å². The summed E-state index contributed by atoms with van der Waals surface area (Å²) >= 11 is 5.92. The number of nitrogens with zero attached hydrogens (tertiary/aromatic N) is 3. The first-order valence-corrected chi connectivity index (χ1v) is 8.01. The summed E-state index contributed by atoms with van der Waals surface area (Å²) in [5.41, 5.74) is 1.98. The fourth-order valence-corrected chi connectivity index (χ4v) is 2.67. The lowest BCUT2D eigenvalue weighted by Crippen LogP contribution is -2.06. The predicted molar refractivity (Wildman–Crippen MR) is 99.3 cm³/mol. The number of hydrogen-bond acceptors (Lipinski definition) is 6. The summed E-state index contributed by atoms with van der Waals surface area (Å²) in [6, 6.07) is 10.1. The second-order valence-electron chi connectivity index (χ2n) is 5.53. The third-order valence-electron chi connectivity index (χ3n) is 3.63. The van der Waals surface area contributed by atoms with Crippen LogP contribution in [0.5, 0.6) is 0 Å². The van der Waals surface area contributed by atoms with Crippen LogP contribution in [0.3, 0.4) is 0 Å². The number of rotatable bonds is 5. The van der Waals surface area contributed by atoms with E-state index in [1.54, 1.807) is 12.1 Å². The van der Waals surface area contributed by atoms with Gasteiger partial charge in [-0.2, -0.15) is 0 Å². The molecule has 2 aromatic carbocycles. The Bertz CT molecular complexity index is 992. The first-order valence-electron chi connectivity index (χ1n) is 7.63. The lowest BCUT2D eigenvalue weighted by atomic mass is 10.2. The van der Waals surface area contributed by atoms with Crippen molar-refractivity contribution in [3.05, 3.63) is 63.4 Å². The molecule has 0 fully saturated rings. The van der Waals surface area contributed by atoms with Gasteiger partial charge in [0.15, 0.2) is 0 Å². The summed E-state index contributed by atoms with van der Waals surface area (Å²) in [7, 11) is 0. The monoisotopic (exact) mass is 371 g/mol. The van der Waals surface area contributed by atoms with Crippen LogP contribution in [-0.4, -0.2) is 20.8 Å². The summed E-state index contributed by atoms with van der Waals surface area (Å²) in [5, 5.41) is 17.5. The highest BCUT2D eigenvalue weighted by molar-refractivity contribution is 6.33. The van der Waals surface area contributed by atoms with E-state index in [9.17, 15) is 14.9 Å². The van der Waals surface area contributed by atoms with Gasteiger partial charge >= 0.3 is 0 Å². The van der Waals surface area contributed by atoms with Gasteiger partial charge in [0, 0.05) is 30.6 Å². The molecule has 0 aliphatic rings. The highest BCUT2D eigenvalue weighted by atomic mass is 35.5. The van der Waals surface area contributed by atoms with Crippen LogP contribution in [0.1, 0.15) is 12.5 Å². The normalized spacial score (nSPS) is 10.5. The number of fused-ring (bicyclic) bond motifs is 1.